The number of ether oxygens (including phenoxy) is 3. The molecule has 0 amide bonds. The monoisotopic (exact) mass is 406 g/mol. The van der Waals surface area contributed by atoms with Crippen molar-refractivity contribution in [1.82, 2.24) is 0 Å². The van der Waals surface area contributed by atoms with Crippen molar-refractivity contribution < 1.29 is 54.8 Å². The zero-order valence-electron chi connectivity index (χ0n) is 15.0. The lowest BCUT2D eigenvalue weighted by Crippen LogP contribution is -2.96. The van der Waals surface area contributed by atoms with E-state index in [1.807, 2.05) is 0 Å². The molecule has 28 heavy (non-hydrogen) atoms. The van der Waals surface area contributed by atoms with Gasteiger partial charge >= 0.3 is 0 Å². The summed E-state index contributed by atoms with van der Waals surface area (Å²) in [5.41, 5.74) is -3.92. The first-order valence-corrected chi connectivity index (χ1v) is 9.39. The number of hydrogen-bond donors (Lipinski definition) is 7. The molecule has 0 aromatic carbocycles. The molecule has 0 spiro atoms. The maximum atomic E-state index is 12.0. The minimum absolute atomic E-state index is 0.0507. The van der Waals surface area contributed by atoms with E-state index in [-0.39, 0.29) is 18.1 Å². The number of fused-ring (bicyclic) bond motifs is 1. The highest BCUT2D eigenvalue weighted by Gasteiger charge is 2.85. The van der Waals surface area contributed by atoms with E-state index in [1.165, 1.54) is 0 Å². The van der Waals surface area contributed by atoms with Crippen molar-refractivity contribution in [3.05, 3.63) is 0 Å². The third kappa shape index (κ3) is 2.63. The maximum Gasteiger partial charge on any atom is 0.193 e. The van der Waals surface area contributed by atoms with Gasteiger partial charge in [-0.1, -0.05) is 0 Å². The van der Waals surface area contributed by atoms with E-state index in [0.29, 0.717) is 0 Å². The van der Waals surface area contributed by atoms with E-state index in [2.05, 4.69) is 0 Å². The van der Waals surface area contributed by atoms with Gasteiger partial charge in [0, 0.05) is 12.3 Å². The molecule has 11 nitrogen and oxygen atoms in total. The highest BCUT2D eigenvalue weighted by molar-refractivity contribution is 5.83. The molecule has 2 aliphatic heterocycles. The van der Waals surface area contributed by atoms with Crippen molar-refractivity contribution in [2.75, 3.05) is 13.2 Å². The van der Waals surface area contributed by atoms with Gasteiger partial charge in [0.1, 0.15) is 42.4 Å². The number of aliphatic hydroxyl groups excluding tert-OH is 6. The lowest BCUT2D eigenvalue weighted by molar-refractivity contribution is -0.530. The second kappa shape index (κ2) is 6.91. The van der Waals surface area contributed by atoms with Gasteiger partial charge in [0.15, 0.2) is 17.5 Å². The quantitative estimate of drug-likeness (QED) is 0.217. The van der Waals surface area contributed by atoms with Gasteiger partial charge in [-0.25, -0.2) is 0 Å². The molecule has 4 rings (SSSR count). The molecule has 0 aromatic rings. The summed E-state index contributed by atoms with van der Waals surface area (Å²) in [4.78, 5) is 12.0. The molecule has 0 bridgehead atoms. The topological polar surface area (TPSA) is 186 Å². The van der Waals surface area contributed by atoms with E-state index in [4.69, 9.17) is 14.2 Å². The SMILES string of the molecule is O=C(C[C@@H]1OC(CO)[C@@H](O[C@@H]2OC3(CO)[C@H](O)C(O)C23O)C(O)C1O)C1CC1. The normalized spacial score (nSPS) is 53.1. The Labute approximate surface area is 160 Å². The number of aliphatic hydroxyl groups is 7. The molecule has 10 atom stereocenters. The summed E-state index contributed by atoms with van der Waals surface area (Å²) < 4.78 is 16.3. The van der Waals surface area contributed by atoms with Gasteiger partial charge in [-0.3, -0.25) is 4.79 Å². The van der Waals surface area contributed by atoms with E-state index in [9.17, 15) is 40.5 Å². The van der Waals surface area contributed by atoms with Crippen LogP contribution in [0.4, 0.5) is 0 Å². The number of hydrogen-bond acceptors (Lipinski definition) is 11. The number of carbonyl (C=O) groups is 1. The van der Waals surface area contributed by atoms with Crippen LogP contribution in [0.15, 0.2) is 0 Å². The summed E-state index contributed by atoms with van der Waals surface area (Å²) in [6, 6.07) is 0. The van der Waals surface area contributed by atoms with Crippen molar-refractivity contribution in [2.24, 2.45) is 5.92 Å². The Kier molecular flexibility index (Phi) is 5.07. The molecule has 6 unspecified atom stereocenters. The number of carbonyl (C=O) groups excluding carboxylic acids is 1. The summed E-state index contributed by atoms with van der Waals surface area (Å²) in [5, 5.41) is 70.1. The first-order valence-electron chi connectivity index (χ1n) is 9.39. The number of rotatable bonds is 7. The van der Waals surface area contributed by atoms with Gasteiger partial charge in [0.2, 0.25) is 0 Å². The van der Waals surface area contributed by atoms with Crippen molar-refractivity contribution >= 4 is 5.78 Å². The molecule has 0 radical (unpaired) electrons. The fourth-order valence-electron chi connectivity index (χ4n) is 4.41. The van der Waals surface area contributed by atoms with Gasteiger partial charge < -0.3 is 50.0 Å². The first kappa shape index (κ1) is 20.5. The van der Waals surface area contributed by atoms with Gasteiger partial charge in [-0.05, 0) is 12.8 Å². The Bertz CT molecular complexity index is 624. The standard InChI is InChI=1S/C17H26O11/c18-4-9-12(11(22)10(21)8(26-9)3-7(20)6-1-2-6)27-15-17(25)14(24)13(23)16(17,5-19)28-15/h6,8-15,18-19,21-25H,1-5H2/t8-,9?,10?,11?,12+,13+,14?,15+,16?,17?/m0/s1. The maximum absolute atomic E-state index is 12.0. The van der Waals surface area contributed by atoms with Crippen molar-refractivity contribution in [3.8, 4) is 0 Å². The average molecular weight is 406 g/mol. The van der Waals surface area contributed by atoms with E-state index in [1.54, 1.807) is 0 Å². The Morgan fingerprint density at radius 2 is 1.71 bits per heavy atom. The molecule has 2 heterocycles. The Morgan fingerprint density at radius 3 is 2.29 bits per heavy atom. The molecule has 4 fully saturated rings. The minimum atomic E-state index is -2.12. The summed E-state index contributed by atoms with van der Waals surface area (Å²) in [7, 11) is 0. The van der Waals surface area contributed by atoms with E-state index < -0.39 is 73.4 Å². The molecular formula is C17H26O11. The van der Waals surface area contributed by atoms with E-state index >= 15 is 0 Å². The van der Waals surface area contributed by atoms with Crippen LogP contribution in [-0.2, 0) is 19.0 Å². The largest absolute Gasteiger partial charge is 0.394 e. The van der Waals surface area contributed by atoms with Crippen molar-refractivity contribution in [1.29, 1.82) is 0 Å². The van der Waals surface area contributed by atoms with Crippen LogP contribution >= 0.6 is 0 Å². The molecule has 0 aromatic heterocycles. The average Bonchev–Trinajstić information content (AvgIpc) is 3.53. The Hall–Kier alpha value is -0.730. The van der Waals surface area contributed by atoms with Crippen LogP contribution in [0.2, 0.25) is 0 Å². The fourth-order valence-corrected chi connectivity index (χ4v) is 4.41. The molecule has 2 saturated carbocycles. The van der Waals surface area contributed by atoms with Gasteiger partial charge in [-0.2, -0.15) is 0 Å². The molecule has 160 valence electrons. The summed E-state index contributed by atoms with van der Waals surface area (Å²) in [5.74, 6) is -0.131. The van der Waals surface area contributed by atoms with Crippen LogP contribution < -0.4 is 0 Å². The second-order valence-corrected chi connectivity index (χ2v) is 8.13. The number of Topliss-reactive ketones (excluding diaryl/α,β-unsaturated/α-hetero) is 1. The molecule has 11 heteroatoms. The van der Waals surface area contributed by atoms with Gasteiger partial charge in [0.25, 0.3) is 0 Å². The van der Waals surface area contributed by atoms with Crippen LogP contribution in [0, 0.1) is 5.92 Å². The molecular weight excluding hydrogens is 380 g/mol. The third-order valence-electron chi connectivity index (χ3n) is 6.50. The molecule has 2 aliphatic carbocycles. The Balaban J connectivity index is 1.44. The third-order valence-corrected chi connectivity index (χ3v) is 6.50. The zero-order chi connectivity index (χ0) is 20.4. The highest BCUT2D eigenvalue weighted by atomic mass is 16.8. The predicted octanol–water partition coefficient (Wildman–Crippen LogP) is -4.22. The molecule has 4 aliphatic rings. The smallest absolute Gasteiger partial charge is 0.193 e. The second-order valence-electron chi connectivity index (χ2n) is 8.13. The van der Waals surface area contributed by atoms with Crippen LogP contribution in [0.25, 0.3) is 0 Å². The minimum Gasteiger partial charge on any atom is -0.394 e. The van der Waals surface area contributed by atoms with Crippen LogP contribution in [0.5, 0.6) is 0 Å². The van der Waals surface area contributed by atoms with Crippen molar-refractivity contribution in [3.63, 3.8) is 0 Å². The van der Waals surface area contributed by atoms with Gasteiger partial charge in [0.05, 0.1) is 19.3 Å². The lowest BCUT2D eigenvalue weighted by Gasteiger charge is -2.71. The predicted molar refractivity (Wildman–Crippen MR) is 86.6 cm³/mol. The van der Waals surface area contributed by atoms with Crippen LogP contribution in [-0.4, -0.2) is 115 Å². The Morgan fingerprint density at radius 1 is 1.04 bits per heavy atom. The van der Waals surface area contributed by atoms with Crippen molar-refractivity contribution in [2.45, 2.75) is 79.5 Å². The lowest BCUT2D eigenvalue weighted by atomic mass is 9.56. The molecule has 2 saturated heterocycles. The van der Waals surface area contributed by atoms with Crippen LogP contribution in [0.3, 0.4) is 0 Å². The summed E-state index contributed by atoms with van der Waals surface area (Å²) in [6.07, 6.45) is -9.77. The highest BCUT2D eigenvalue weighted by Crippen LogP contribution is 2.58. The number of ketones is 1. The first-order chi connectivity index (χ1) is 13.2. The fraction of sp³-hybridized carbons (Fsp3) is 0.941. The molecule has 7 N–H and O–H groups in total. The zero-order valence-corrected chi connectivity index (χ0v) is 15.0. The van der Waals surface area contributed by atoms with E-state index in [0.717, 1.165) is 12.8 Å². The summed E-state index contributed by atoms with van der Waals surface area (Å²) >= 11 is 0. The van der Waals surface area contributed by atoms with Crippen LogP contribution in [0.1, 0.15) is 19.3 Å². The summed E-state index contributed by atoms with van der Waals surface area (Å²) in [6.45, 7) is -1.38. The van der Waals surface area contributed by atoms with Gasteiger partial charge in [-0.15, -0.1) is 0 Å².